The zero-order chi connectivity index (χ0) is 13.4. The Morgan fingerprint density at radius 1 is 0.889 bits per heavy atom. The number of rotatable bonds is 3. The summed E-state index contributed by atoms with van der Waals surface area (Å²) in [6.07, 6.45) is 8.98. The van der Waals surface area contributed by atoms with Crippen molar-refractivity contribution >= 4 is 0 Å². The molecular formula is C16H33NO. The van der Waals surface area contributed by atoms with Gasteiger partial charge in [0.1, 0.15) is 0 Å². The first-order chi connectivity index (χ1) is 8.78. The summed E-state index contributed by atoms with van der Waals surface area (Å²) in [7, 11) is 0. The Labute approximate surface area is 114 Å². The van der Waals surface area contributed by atoms with Crippen molar-refractivity contribution in [3.63, 3.8) is 0 Å². The van der Waals surface area contributed by atoms with Crippen LogP contribution < -0.4 is 0 Å². The maximum absolute atomic E-state index is 6.25. The van der Waals surface area contributed by atoms with Gasteiger partial charge < -0.3 is 9.64 Å². The van der Waals surface area contributed by atoms with Crippen LogP contribution in [0.3, 0.4) is 0 Å². The summed E-state index contributed by atoms with van der Waals surface area (Å²) in [6, 6.07) is 0. The third kappa shape index (κ3) is 5.27. The number of hydrogen-bond acceptors (Lipinski definition) is 2. The summed E-state index contributed by atoms with van der Waals surface area (Å²) < 4.78 is 6.25. The van der Waals surface area contributed by atoms with Crippen LogP contribution >= 0.6 is 0 Å². The van der Waals surface area contributed by atoms with E-state index in [1.165, 1.54) is 58.2 Å². The molecule has 0 atom stereocenters. The van der Waals surface area contributed by atoms with Crippen LogP contribution in [0.15, 0.2) is 0 Å². The molecule has 2 nitrogen and oxygen atoms in total. The third-order valence-electron chi connectivity index (χ3n) is 4.33. The lowest BCUT2D eigenvalue weighted by atomic mass is 9.88. The number of likely N-dealkylation sites (tertiary alicyclic amines) is 1. The van der Waals surface area contributed by atoms with Gasteiger partial charge in [-0.05, 0) is 51.0 Å². The van der Waals surface area contributed by atoms with Gasteiger partial charge in [0, 0.05) is 13.1 Å². The van der Waals surface area contributed by atoms with Crippen LogP contribution in [0.5, 0.6) is 0 Å². The summed E-state index contributed by atoms with van der Waals surface area (Å²) in [5.74, 6) is 0.932. The normalized spacial score (nSPS) is 30.7. The molecule has 0 amide bonds. The van der Waals surface area contributed by atoms with E-state index in [1.807, 2.05) is 13.8 Å². The summed E-state index contributed by atoms with van der Waals surface area (Å²) in [5.41, 5.74) is 0. The van der Waals surface area contributed by atoms with E-state index in [2.05, 4.69) is 18.7 Å². The lowest BCUT2D eigenvalue weighted by Gasteiger charge is -2.35. The molecule has 2 rings (SSSR count). The average Bonchev–Trinajstić information content (AvgIpc) is 2.44. The molecule has 108 valence electrons. The van der Waals surface area contributed by atoms with Crippen molar-refractivity contribution in [2.24, 2.45) is 5.92 Å². The number of nitrogens with zero attached hydrogens (tertiary/aromatic N) is 1. The van der Waals surface area contributed by atoms with Gasteiger partial charge in [-0.25, -0.2) is 0 Å². The zero-order valence-corrected chi connectivity index (χ0v) is 13.0. The Hall–Kier alpha value is -0.0800. The molecule has 1 heterocycles. The Morgan fingerprint density at radius 3 is 1.89 bits per heavy atom. The van der Waals surface area contributed by atoms with Crippen LogP contribution in [0.1, 0.15) is 66.2 Å². The molecule has 0 spiro atoms. The smallest absolute Gasteiger partial charge is 0.0603 e. The molecule has 0 aromatic carbocycles. The molecule has 0 radical (unpaired) electrons. The fraction of sp³-hybridized carbons (Fsp3) is 1.00. The minimum absolute atomic E-state index is 0.557. The molecule has 1 aliphatic heterocycles. The van der Waals surface area contributed by atoms with E-state index in [9.17, 15) is 0 Å². The van der Waals surface area contributed by atoms with E-state index in [0.29, 0.717) is 12.2 Å². The third-order valence-corrected chi connectivity index (χ3v) is 4.33. The van der Waals surface area contributed by atoms with Crippen LogP contribution in [0.2, 0.25) is 0 Å². The van der Waals surface area contributed by atoms with Crippen LogP contribution in [0, 0.1) is 5.92 Å². The van der Waals surface area contributed by atoms with Crippen LogP contribution in [-0.4, -0.2) is 36.7 Å². The second-order valence-electron chi connectivity index (χ2n) is 5.65. The van der Waals surface area contributed by atoms with Gasteiger partial charge in [0.2, 0.25) is 0 Å². The number of ether oxygens (including phenoxy) is 1. The van der Waals surface area contributed by atoms with Crippen molar-refractivity contribution < 1.29 is 4.74 Å². The fourth-order valence-corrected chi connectivity index (χ4v) is 3.00. The van der Waals surface area contributed by atoms with Crippen molar-refractivity contribution in [1.29, 1.82) is 0 Å². The molecular weight excluding hydrogens is 222 g/mol. The van der Waals surface area contributed by atoms with E-state index in [-0.39, 0.29) is 0 Å². The van der Waals surface area contributed by atoms with E-state index in [0.717, 1.165) is 5.92 Å². The Balaban J connectivity index is 0.000000771. The van der Waals surface area contributed by atoms with E-state index >= 15 is 0 Å². The molecule has 1 aliphatic carbocycles. The lowest BCUT2D eigenvalue weighted by molar-refractivity contribution is -0.0595. The van der Waals surface area contributed by atoms with Crippen LogP contribution in [0.4, 0.5) is 0 Å². The molecule has 0 N–H and O–H groups in total. The molecule has 0 aromatic rings. The molecule has 2 aliphatic rings. The Kier molecular flexibility index (Phi) is 7.92. The second-order valence-corrected chi connectivity index (χ2v) is 5.65. The predicted molar refractivity (Wildman–Crippen MR) is 79.0 cm³/mol. The predicted octanol–water partition coefficient (Wildman–Crippen LogP) is 4.09. The summed E-state index contributed by atoms with van der Waals surface area (Å²) >= 11 is 0. The van der Waals surface area contributed by atoms with Gasteiger partial charge in [-0.3, -0.25) is 0 Å². The maximum atomic E-state index is 6.25. The number of piperidine rings is 1. The highest BCUT2D eigenvalue weighted by atomic mass is 16.5. The number of hydrogen-bond donors (Lipinski definition) is 0. The van der Waals surface area contributed by atoms with E-state index < -0.39 is 0 Å². The molecule has 18 heavy (non-hydrogen) atoms. The molecule has 1 saturated carbocycles. The van der Waals surface area contributed by atoms with Gasteiger partial charge in [0.05, 0.1) is 12.2 Å². The second kappa shape index (κ2) is 8.92. The highest BCUT2D eigenvalue weighted by molar-refractivity contribution is 4.76. The summed E-state index contributed by atoms with van der Waals surface area (Å²) in [6.45, 7) is 12.3. The van der Waals surface area contributed by atoms with E-state index in [4.69, 9.17) is 4.74 Å². The SMILES string of the molecule is CC.CCN1CCC(OC2CCC(C)CC2)CC1. The first kappa shape index (κ1) is 16.0. The molecule has 1 saturated heterocycles. The van der Waals surface area contributed by atoms with Crippen molar-refractivity contribution in [3.05, 3.63) is 0 Å². The first-order valence-corrected chi connectivity index (χ1v) is 8.15. The highest BCUT2D eigenvalue weighted by Gasteiger charge is 2.24. The van der Waals surface area contributed by atoms with Crippen LogP contribution in [-0.2, 0) is 4.74 Å². The monoisotopic (exact) mass is 255 g/mol. The molecule has 2 heteroatoms. The van der Waals surface area contributed by atoms with Gasteiger partial charge in [0.25, 0.3) is 0 Å². The van der Waals surface area contributed by atoms with Crippen molar-refractivity contribution in [3.8, 4) is 0 Å². The van der Waals surface area contributed by atoms with E-state index in [1.54, 1.807) is 0 Å². The minimum atomic E-state index is 0.557. The van der Waals surface area contributed by atoms with Gasteiger partial charge in [0.15, 0.2) is 0 Å². The topological polar surface area (TPSA) is 12.5 Å². The standard InChI is InChI=1S/C14H27NO.C2H6/c1-3-15-10-8-14(9-11-15)16-13-6-4-12(2)5-7-13;1-2/h12-14H,3-11H2,1-2H3;1-2H3. The van der Waals surface area contributed by atoms with Crippen molar-refractivity contribution in [2.75, 3.05) is 19.6 Å². The first-order valence-electron chi connectivity index (χ1n) is 8.15. The molecule has 0 unspecified atom stereocenters. The quantitative estimate of drug-likeness (QED) is 0.753. The zero-order valence-electron chi connectivity index (χ0n) is 13.0. The summed E-state index contributed by atoms with van der Waals surface area (Å²) in [5, 5.41) is 0. The Bertz CT molecular complexity index is 191. The summed E-state index contributed by atoms with van der Waals surface area (Å²) in [4.78, 5) is 2.53. The van der Waals surface area contributed by atoms with Gasteiger partial charge in [-0.2, -0.15) is 0 Å². The lowest BCUT2D eigenvalue weighted by Crippen LogP contribution is -2.38. The molecule has 2 fully saturated rings. The van der Waals surface area contributed by atoms with Gasteiger partial charge >= 0.3 is 0 Å². The Morgan fingerprint density at radius 2 is 1.39 bits per heavy atom. The fourth-order valence-electron chi connectivity index (χ4n) is 3.00. The highest BCUT2D eigenvalue weighted by Crippen LogP contribution is 2.28. The minimum Gasteiger partial charge on any atom is -0.375 e. The van der Waals surface area contributed by atoms with Crippen LogP contribution in [0.25, 0.3) is 0 Å². The van der Waals surface area contributed by atoms with Gasteiger partial charge in [-0.15, -0.1) is 0 Å². The molecule has 0 aromatic heterocycles. The largest absolute Gasteiger partial charge is 0.375 e. The average molecular weight is 255 g/mol. The van der Waals surface area contributed by atoms with Crippen molar-refractivity contribution in [2.45, 2.75) is 78.4 Å². The van der Waals surface area contributed by atoms with Crippen molar-refractivity contribution in [1.82, 2.24) is 4.90 Å². The van der Waals surface area contributed by atoms with Gasteiger partial charge in [-0.1, -0.05) is 27.7 Å². The molecule has 0 bridgehead atoms. The maximum Gasteiger partial charge on any atom is 0.0603 e.